The Balaban J connectivity index is 1.76. The van der Waals surface area contributed by atoms with Crippen LogP contribution >= 0.6 is 0 Å². The summed E-state index contributed by atoms with van der Waals surface area (Å²) in [5, 5.41) is 9.07. The van der Waals surface area contributed by atoms with Crippen molar-refractivity contribution in [3.8, 4) is 6.07 Å². The number of amides is 1. The van der Waals surface area contributed by atoms with E-state index in [9.17, 15) is 4.79 Å². The number of benzene rings is 1. The van der Waals surface area contributed by atoms with Crippen molar-refractivity contribution in [2.24, 2.45) is 0 Å². The molecule has 1 aliphatic carbocycles. The average molecular weight is 340 g/mol. The predicted molar refractivity (Wildman–Crippen MR) is 93.5 cm³/mol. The summed E-state index contributed by atoms with van der Waals surface area (Å²) < 4.78 is 11.9. The lowest BCUT2D eigenvalue weighted by Gasteiger charge is -2.30. The van der Waals surface area contributed by atoms with Crippen molar-refractivity contribution >= 4 is 5.91 Å². The summed E-state index contributed by atoms with van der Waals surface area (Å²) >= 11 is 0. The van der Waals surface area contributed by atoms with E-state index in [0.29, 0.717) is 12.1 Å². The summed E-state index contributed by atoms with van der Waals surface area (Å²) in [7, 11) is 0. The summed E-state index contributed by atoms with van der Waals surface area (Å²) in [6, 6.07) is 7.91. The van der Waals surface area contributed by atoms with Gasteiger partial charge in [0.25, 0.3) is 0 Å². The van der Waals surface area contributed by atoms with Crippen molar-refractivity contribution in [2.75, 3.05) is 0 Å². The third kappa shape index (κ3) is 3.60. The molecule has 0 aromatic heterocycles. The monoisotopic (exact) mass is 340 g/mol. The molecular formula is C20H24N2O3. The second kappa shape index (κ2) is 6.62. The minimum atomic E-state index is -0.544. The van der Waals surface area contributed by atoms with Crippen LogP contribution in [0.15, 0.2) is 30.9 Å². The minimum absolute atomic E-state index is 0.0304. The van der Waals surface area contributed by atoms with Gasteiger partial charge in [0, 0.05) is 12.6 Å². The van der Waals surface area contributed by atoms with E-state index in [1.165, 1.54) is 6.08 Å². The van der Waals surface area contributed by atoms with Crippen LogP contribution in [0.2, 0.25) is 0 Å². The van der Waals surface area contributed by atoms with Crippen LogP contribution in [0.3, 0.4) is 0 Å². The van der Waals surface area contributed by atoms with Crippen LogP contribution in [0.4, 0.5) is 0 Å². The Morgan fingerprint density at radius 2 is 2.04 bits per heavy atom. The molecule has 3 atom stereocenters. The number of hydrogen-bond donors (Lipinski definition) is 0. The maximum Gasteiger partial charge on any atom is 0.246 e. The van der Waals surface area contributed by atoms with Crippen molar-refractivity contribution in [3.05, 3.63) is 47.5 Å². The van der Waals surface area contributed by atoms with Gasteiger partial charge in [0.05, 0.1) is 23.8 Å². The molecule has 2 fully saturated rings. The average Bonchev–Trinajstić information content (AvgIpc) is 3.05. The highest BCUT2D eigenvalue weighted by Gasteiger charge is 2.49. The maximum absolute atomic E-state index is 12.4. The standard InChI is InChI=1S/C20H24N2O3/c1-5-19(23)22(12-14-6-7-15(11-21)13(2)8-14)16-9-17-18(10-16)25-20(3,4)24-17/h5-8,16-18H,1,9-10,12H2,2-4H3/t16?,17-,18+. The van der Waals surface area contributed by atoms with E-state index in [2.05, 4.69) is 12.6 Å². The summed E-state index contributed by atoms with van der Waals surface area (Å²) in [5.41, 5.74) is 2.58. The molecule has 1 aromatic rings. The zero-order chi connectivity index (χ0) is 18.2. The number of ether oxygens (including phenoxy) is 2. The molecule has 0 N–H and O–H groups in total. The van der Waals surface area contributed by atoms with Gasteiger partial charge in [-0.25, -0.2) is 0 Å². The Morgan fingerprint density at radius 3 is 2.56 bits per heavy atom. The van der Waals surface area contributed by atoms with Gasteiger partial charge in [-0.2, -0.15) is 5.26 Å². The number of aryl methyl sites for hydroxylation is 1. The van der Waals surface area contributed by atoms with Crippen molar-refractivity contribution in [2.45, 2.75) is 64.2 Å². The summed E-state index contributed by atoms with van der Waals surface area (Å²) in [6.07, 6.45) is 2.95. The quantitative estimate of drug-likeness (QED) is 0.790. The Bertz CT molecular complexity index is 719. The fourth-order valence-corrected chi connectivity index (χ4v) is 3.85. The van der Waals surface area contributed by atoms with Crippen LogP contribution in [-0.4, -0.2) is 34.8 Å². The Labute approximate surface area is 148 Å². The summed E-state index contributed by atoms with van der Waals surface area (Å²) in [4.78, 5) is 14.3. The van der Waals surface area contributed by atoms with Crippen molar-refractivity contribution < 1.29 is 14.3 Å². The highest BCUT2D eigenvalue weighted by Crippen LogP contribution is 2.40. The summed E-state index contributed by atoms with van der Waals surface area (Å²) in [6.45, 7) is 9.88. The first kappa shape index (κ1) is 17.7. The van der Waals surface area contributed by atoms with Gasteiger partial charge in [0.1, 0.15) is 0 Å². The van der Waals surface area contributed by atoms with Gasteiger partial charge in [0.15, 0.2) is 5.79 Å². The van der Waals surface area contributed by atoms with Gasteiger partial charge in [-0.3, -0.25) is 4.79 Å². The molecule has 0 radical (unpaired) electrons. The van der Waals surface area contributed by atoms with Gasteiger partial charge in [0.2, 0.25) is 5.91 Å². The Morgan fingerprint density at radius 1 is 1.40 bits per heavy atom. The van der Waals surface area contributed by atoms with Crippen LogP contribution < -0.4 is 0 Å². The van der Waals surface area contributed by atoms with E-state index in [-0.39, 0.29) is 24.2 Å². The van der Waals surface area contributed by atoms with Gasteiger partial charge < -0.3 is 14.4 Å². The summed E-state index contributed by atoms with van der Waals surface area (Å²) in [5.74, 6) is -0.635. The minimum Gasteiger partial charge on any atom is -0.345 e. The zero-order valence-corrected chi connectivity index (χ0v) is 15.0. The maximum atomic E-state index is 12.4. The molecule has 3 rings (SSSR count). The highest BCUT2D eigenvalue weighted by atomic mass is 16.8. The number of nitriles is 1. The van der Waals surface area contributed by atoms with Gasteiger partial charge in [-0.05, 0) is 56.9 Å². The molecule has 0 spiro atoms. The van der Waals surface area contributed by atoms with Crippen LogP contribution in [0.5, 0.6) is 0 Å². The third-order valence-electron chi connectivity index (χ3n) is 4.96. The first-order chi connectivity index (χ1) is 11.8. The molecule has 0 bridgehead atoms. The largest absolute Gasteiger partial charge is 0.345 e. The van der Waals surface area contributed by atoms with E-state index in [1.54, 1.807) is 6.07 Å². The fraction of sp³-hybridized carbons (Fsp3) is 0.500. The topological polar surface area (TPSA) is 62.6 Å². The molecule has 1 heterocycles. The van der Waals surface area contributed by atoms with Crippen molar-refractivity contribution in [3.63, 3.8) is 0 Å². The second-order valence-electron chi connectivity index (χ2n) is 7.27. The predicted octanol–water partition coefficient (Wildman–Crippen LogP) is 3.06. The molecule has 5 heteroatoms. The van der Waals surface area contributed by atoms with Crippen molar-refractivity contribution in [1.29, 1.82) is 5.26 Å². The second-order valence-corrected chi connectivity index (χ2v) is 7.27. The van der Waals surface area contributed by atoms with Crippen molar-refractivity contribution in [1.82, 2.24) is 4.90 Å². The van der Waals surface area contributed by atoms with Crippen LogP contribution in [0.1, 0.15) is 43.4 Å². The molecule has 1 aliphatic heterocycles. The Kier molecular flexibility index (Phi) is 4.68. The van der Waals surface area contributed by atoms with Gasteiger partial charge in [-0.1, -0.05) is 18.7 Å². The number of nitrogens with zero attached hydrogens (tertiary/aromatic N) is 2. The normalized spacial score (nSPS) is 26.7. The third-order valence-corrected chi connectivity index (χ3v) is 4.96. The first-order valence-electron chi connectivity index (χ1n) is 8.61. The molecule has 5 nitrogen and oxygen atoms in total. The lowest BCUT2D eigenvalue weighted by Crippen LogP contribution is -2.39. The zero-order valence-electron chi connectivity index (χ0n) is 15.0. The van der Waals surface area contributed by atoms with Crippen LogP contribution in [-0.2, 0) is 20.8 Å². The molecule has 2 aliphatic rings. The number of rotatable bonds is 4. The molecule has 1 aromatic carbocycles. The molecule has 1 saturated carbocycles. The van der Waals surface area contributed by atoms with E-state index in [0.717, 1.165) is 24.0 Å². The number of hydrogen-bond acceptors (Lipinski definition) is 4. The van der Waals surface area contributed by atoms with E-state index < -0.39 is 5.79 Å². The van der Waals surface area contributed by atoms with Crippen LogP contribution in [0, 0.1) is 18.3 Å². The van der Waals surface area contributed by atoms with E-state index in [1.807, 2.05) is 37.8 Å². The van der Waals surface area contributed by atoms with Crippen LogP contribution in [0.25, 0.3) is 0 Å². The molecule has 1 amide bonds. The lowest BCUT2D eigenvalue weighted by molar-refractivity contribution is -0.156. The lowest BCUT2D eigenvalue weighted by atomic mass is 10.0. The SMILES string of the molecule is C=CC(=O)N(Cc1ccc(C#N)c(C)c1)C1C[C@@H]2OC(C)(C)O[C@@H]2C1. The highest BCUT2D eigenvalue weighted by molar-refractivity contribution is 5.87. The molecule has 132 valence electrons. The van der Waals surface area contributed by atoms with E-state index >= 15 is 0 Å². The smallest absolute Gasteiger partial charge is 0.246 e. The van der Waals surface area contributed by atoms with Gasteiger partial charge >= 0.3 is 0 Å². The molecule has 1 unspecified atom stereocenters. The first-order valence-corrected chi connectivity index (χ1v) is 8.61. The molecular weight excluding hydrogens is 316 g/mol. The molecule has 1 saturated heterocycles. The van der Waals surface area contributed by atoms with Gasteiger partial charge in [-0.15, -0.1) is 0 Å². The Hall–Kier alpha value is -2.16. The number of carbonyl (C=O) groups is 1. The fourth-order valence-electron chi connectivity index (χ4n) is 3.85. The number of fused-ring (bicyclic) bond motifs is 1. The number of carbonyl (C=O) groups excluding carboxylic acids is 1. The van der Waals surface area contributed by atoms with E-state index in [4.69, 9.17) is 14.7 Å². The molecule has 25 heavy (non-hydrogen) atoms.